The van der Waals surface area contributed by atoms with Crippen LogP contribution in [-0.4, -0.2) is 93.4 Å². The van der Waals surface area contributed by atoms with Crippen LogP contribution < -0.4 is 0 Å². The van der Waals surface area contributed by atoms with Crippen molar-refractivity contribution in [3.8, 4) is 0 Å². The summed E-state index contributed by atoms with van der Waals surface area (Å²) in [6.45, 7) is 16.3. The van der Waals surface area contributed by atoms with Crippen LogP contribution in [0.15, 0.2) is 12.2 Å². The van der Waals surface area contributed by atoms with Crippen molar-refractivity contribution in [3.63, 3.8) is 0 Å². The molecule has 42 heavy (non-hydrogen) atoms. The standard InChI is InChI=1S/C31H60O10Si/c1-6-39-42(40-7-2,41-8-3)28-17-15-13-11-9-10-12-14-16-21-37-30(32)19-18-20-34-22-23-35-24-25-36-26-27-38-31(33)29(4)5/h4,6-28H2,1-3,5H3. The molecule has 0 saturated carbocycles. The largest absolute Gasteiger partial charge is 0.500 e. The minimum atomic E-state index is -2.48. The Hall–Kier alpha value is -1.34. The predicted octanol–water partition coefficient (Wildman–Crippen LogP) is 6.04. The highest BCUT2D eigenvalue weighted by atomic mass is 28.4. The van der Waals surface area contributed by atoms with Crippen molar-refractivity contribution in [3.05, 3.63) is 12.2 Å². The summed E-state index contributed by atoms with van der Waals surface area (Å²) in [5, 5.41) is 0. The van der Waals surface area contributed by atoms with Crippen LogP contribution in [0.2, 0.25) is 6.04 Å². The van der Waals surface area contributed by atoms with E-state index in [1.165, 1.54) is 38.5 Å². The Labute approximate surface area is 256 Å². The molecule has 0 aromatic heterocycles. The molecular weight excluding hydrogens is 560 g/mol. The van der Waals surface area contributed by atoms with Crippen molar-refractivity contribution in [1.82, 2.24) is 0 Å². The highest BCUT2D eigenvalue weighted by molar-refractivity contribution is 6.60. The van der Waals surface area contributed by atoms with Gasteiger partial charge in [0.2, 0.25) is 0 Å². The lowest BCUT2D eigenvalue weighted by atomic mass is 10.1. The fourth-order valence-corrected chi connectivity index (χ4v) is 6.80. The maximum absolute atomic E-state index is 11.9. The lowest BCUT2D eigenvalue weighted by Gasteiger charge is -2.28. The van der Waals surface area contributed by atoms with Gasteiger partial charge in [-0.1, -0.05) is 51.5 Å². The molecule has 0 fully saturated rings. The van der Waals surface area contributed by atoms with Gasteiger partial charge in [-0.2, -0.15) is 0 Å². The lowest BCUT2D eigenvalue weighted by molar-refractivity contribution is -0.144. The molecule has 0 saturated heterocycles. The molecule has 0 N–H and O–H groups in total. The summed E-state index contributed by atoms with van der Waals surface area (Å²) in [7, 11) is -2.48. The minimum Gasteiger partial charge on any atom is -0.466 e. The summed E-state index contributed by atoms with van der Waals surface area (Å²) in [6.07, 6.45) is 11.4. The number of esters is 2. The van der Waals surface area contributed by atoms with Crippen LogP contribution in [0.3, 0.4) is 0 Å². The molecule has 0 aliphatic heterocycles. The van der Waals surface area contributed by atoms with Crippen molar-refractivity contribution in [2.45, 2.75) is 104 Å². The fourth-order valence-electron chi connectivity index (χ4n) is 4.12. The Kier molecular flexibility index (Phi) is 28.8. The van der Waals surface area contributed by atoms with Crippen LogP contribution in [0, 0.1) is 0 Å². The zero-order chi connectivity index (χ0) is 31.2. The molecule has 0 aromatic rings. The second kappa shape index (κ2) is 29.7. The highest BCUT2D eigenvalue weighted by Crippen LogP contribution is 2.21. The average Bonchev–Trinajstić information content (AvgIpc) is 2.96. The molecular formula is C31H60O10Si. The van der Waals surface area contributed by atoms with Crippen molar-refractivity contribution in [1.29, 1.82) is 0 Å². The first kappa shape index (κ1) is 40.7. The van der Waals surface area contributed by atoms with E-state index in [2.05, 4.69) is 6.58 Å². The molecule has 0 aliphatic rings. The van der Waals surface area contributed by atoms with Crippen LogP contribution in [0.4, 0.5) is 0 Å². The van der Waals surface area contributed by atoms with Crippen LogP contribution >= 0.6 is 0 Å². The molecule has 0 spiro atoms. The number of hydrogen-bond donors (Lipinski definition) is 0. The van der Waals surface area contributed by atoms with E-state index < -0.39 is 14.8 Å². The van der Waals surface area contributed by atoms with Gasteiger partial charge in [0.25, 0.3) is 0 Å². The normalized spacial score (nSPS) is 11.5. The SMILES string of the molecule is C=C(C)C(=O)OCCOCCOCCOCCCC(=O)OCCCCCCCCCCC[Si](OCC)(OCC)OCC. The van der Waals surface area contributed by atoms with Gasteiger partial charge >= 0.3 is 20.7 Å². The minimum absolute atomic E-state index is 0.161. The zero-order valence-corrected chi connectivity index (χ0v) is 28.1. The Morgan fingerprint density at radius 2 is 1.00 bits per heavy atom. The zero-order valence-electron chi connectivity index (χ0n) is 27.1. The molecule has 0 aliphatic carbocycles. The molecule has 0 radical (unpaired) electrons. The second-order valence-corrected chi connectivity index (χ2v) is 12.7. The van der Waals surface area contributed by atoms with E-state index in [4.69, 9.17) is 37.0 Å². The lowest BCUT2D eigenvalue weighted by Crippen LogP contribution is -2.45. The first-order valence-electron chi connectivity index (χ1n) is 16.0. The first-order chi connectivity index (χ1) is 20.4. The smallest absolute Gasteiger partial charge is 0.466 e. The molecule has 0 atom stereocenters. The number of unbranched alkanes of at least 4 members (excludes halogenated alkanes) is 8. The number of carbonyl (C=O) groups is 2. The van der Waals surface area contributed by atoms with Gasteiger partial charge in [0.05, 0.1) is 39.6 Å². The van der Waals surface area contributed by atoms with Crippen molar-refractivity contribution < 1.29 is 46.6 Å². The van der Waals surface area contributed by atoms with Crippen molar-refractivity contribution in [2.75, 3.05) is 72.7 Å². The van der Waals surface area contributed by atoms with E-state index in [9.17, 15) is 9.59 Å². The number of rotatable bonds is 32. The topological polar surface area (TPSA) is 108 Å². The highest BCUT2D eigenvalue weighted by Gasteiger charge is 2.39. The van der Waals surface area contributed by atoms with E-state index in [0.29, 0.717) is 84.5 Å². The molecule has 10 nitrogen and oxygen atoms in total. The van der Waals surface area contributed by atoms with E-state index in [-0.39, 0.29) is 12.6 Å². The van der Waals surface area contributed by atoms with Gasteiger partial charge in [0, 0.05) is 44.5 Å². The third kappa shape index (κ3) is 25.2. The molecule has 248 valence electrons. The van der Waals surface area contributed by atoms with E-state index in [1.54, 1.807) is 6.92 Å². The summed E-state index contributed by atoms with van der Waals surface area (Å²) in [4.78, 5) is 23.1. The maximum atomic E-state index is 11.9. The van der Waals surface area contributed by atoms with Gasteiger partial charge in [-0.3, -0.25) is 4.79 Å². The average molecular weight is 621 g/mol. The molecule has 0 rings (SSSR count). The monoisotopic (exact) mass is 620 g/mol. The number of carbonyl (C=O) groups excluding carboxylic acids is 2. The van der Waals surface area contributed by atoms with Crippen molar-refractivity contribution in [2.24, 2.45) is 0 Å². The summed E-state index contributed by atoms with van der Waals surface area (Å²) in [5.41, 5.74) is 0.370. The van der Waals surface area contributed by atoms with E-state index >= 15 is 0 Å². The third-order valence-corrected chi connectivity index (χ3v) is 9.36. The Morgan fingerprint density at radius 1 is 0.548 bits per heavy atom. The summed E-state index contributed by atoms with van der Waals surface area (Å²) in [6, 6.07) is 0.903. The molecule has 0 unspecified atom stereocenters. The Morgan fingerprint density at radius 3 is 1.50 bits per heavy atom. The van der Waals surface area contributed by atoms with Crippen molar-refractivity contribution >= 4 is 20.7 Å². The van der Waals surface area contributed by atoms with Crippen LogP contribution in [-0.2, 0) is 46.6 Å². The number of hydrogen-bond acceptors (Lipinski definition) is 10. The van der Waals surface area contributed by atoms with Gasteiger partial charge in [0.15, 0.2) is 0 Å². The Balaban J connectivity index is 3.42. The Bertz CT molecular complexity index is 645. The van der Waals surface area contributed by atoms with Crippen LogP contribution in [0.25, 0.3) is 0 Å². The first-order valence-corrected chi connectivity index (χ1v) is 18.0. The third-order valence-electron chi connectivity index (χ3n) is 6.21. The van der Waals surface area contributed by atoms with Gasteiger partial charge in [-0.05, 0) is 47.0 Å². The van der Waals surface area contributed by atoms with Crippen LogP contribution in [0.5, 0.6) is 0 Å². The molecule has 0 bridgehead atoms. The fraction of sp³-hybridized carbons (Fsp3) is 0.871. The summed E-state index contributed by atoms with van der Waals surface area (Å²) < 4.78 is 44.2. The van der Waals surface area contributed by atoms with Gasteiger partial charge in [-0.15, -0.1) is 0 Å². The summed E-state index contributed by atoms with van der Waals surface area (Å²) in [5.74, 6) is -0.574. The quantitative estimate of drug-likeness (QED) is 0.0382. The van der Waals surface area contributed by atoms with Gasteiger partial charge in [0.1, 0.15) is 6.61 Å². The predicted molar refractivity (Wildman–Crippen MR) is 165 cm³/mol. The van der Waals surface area contributed by atoms with E-state index in [0.717, 1.165) is 25.3 Å². The van der Waals surface area contributed by atoms with Gasteiger partial charge in [-0.25, -0.2) is 4.79 Å². The molecule has 0 heterocycles. The molecule has 0 amide bonds. The summed E-state index contributed by atoms with van der Waals surface area (Å²) >= 11 is 0. The molecule has 0 aromatic carbocycles. The van der Waals surface area contributed by atoms with Gasteiger partial charge < -0.3 is 37.0 Å². The molecule has 11 heteroatoms. The number of ether oxygens (including phenoxy) is 5. The van der Waals surface area contributed by atoms with E-state index in [1.807, 2.05) is 20.8 Å². The second-order valence-electron chi connectivity index (χ2n) is 9.99. The van der Waals surface area contributed by atoms with Crippen LogP contribution in [0.1, 0.15) is 98.3 Å². The maximum Gasteiger partial charge on any atom is 0.500 e.